The van der Waals surface area contributed by atoms with Gasteiger partial charge in [-0.15, -0.1) is 0 Å². The van der Waals surface area contributed by atoms with Gasteiger partial charge in [0.25, 0.3) is 5.91 Å². The number of hydrogen-bond donors (Lipinski definition) is 0. The number of amides is 1. The minimum absolute atomic E-state index is 0.122. The highest BCUT2D eigenvalue weighted by Crippen LogP contribution is 2.05. The number of carbonyl (C=O) groups excluding carboxylic acids is 1. The second kappa shape index (κ2) is 3.72. The Hall–Kier alpha value is -1.48. The monoisotopic (exact) mass is 189 g/mol. The number of rotatable bonds is 3. The van der Waals surface area contributed by atoms with Crippen LogP contribution in [0, 0.1) is 0 Å². The number of methoxy groups -OCH3 is 1. The van der Waals surface area contributed by atoms with Crippen LogP contribution in [0.1, 0.15) is 6.42 Å². The molecule has 3 nitrogen and oxygen atoms in total. The Bertz CT molecular complexity index is 476. The zero-order valence-electron chi connectivity index (χ0n) is 7.99. The summed E-state index contributed by atoms with van der Waals surface area (Å²) in [6.45, 7) is 0.560. The maximum absolute atomic E-state index is 11.5. The fourth-order valence-corrected chi connectivity index (χ4v) is 1.56. The van der Waals surface area contributed by atoms with Gasteiger partial charge in [0.1, 0.15) is 0 Å². The molecule has 3 heteroatoms. The first-order valence-electron chi connectivity index (χ1n) is 4.53. The molecular formula is C11H11NO2. The fourth-order valence-electron chi connectivity index (χ4n) is 1.56. The predicted molar refractivity (Wildman–Crippen MR) is 52.1 cm³/mol. The van der Waals surface area contributed by atoms with E-state index in [0.29, 0.717) is 13.0 Å². The van der Waals surface area contributed by atoms with Crippen molar-refractivity contribution in [3.05, 3.63) is 34.8 Å². The Morgan fingerprint density at radius 1 is 1.36 bits per heavy atom. The number of para-hydroxylation sites is 1. The lowest BCUT2D eigenvalue weighted by molar-refractivity contribution is -0.112. The van der Waals surface area contributed by atoms with Gasteiger partial charge in [0.05, 0.1) is 12.0 Å². The van der Waals surface area contributed by atoms with Gasteiger partial charge in [-0.25, -0.2) is 4.99 Å². The molecule has 72 valence electrons. The van der Waals surface area contributed by atoms with Crippen LogP contribution in [-0.4, -0.2) is 19.6 Å². The van der Waals surface area contributed by atoms with Crippen molar-refractivity contribution >= 4 is 11.5 Å². The molecule has 1 amide bonds. The molecule has 1 aliphatic rings. The molecule has 0 bridgehead atoms. The standard InChI is InChI=1S/C11H11NO2/c1-14-7-6-9-8-4-2-3-5-10(8)12-11(9)13/h2-5H,6-7H2,1H3. The quantitative estimate of drug-likeness (QED) is 0.673. The number of hydrogen-bond acceptors (Lipinski definition) is 2. The first-order chi connectivity index (χ1) is 6.83. The van der Waals surface area contributed by atoms with E-state index in [-0.39, 0.29) is 5.91 Å². The third-order valence-corrected chi connectivity index (χ3v) is 2.27. The third-order valence-electron chi connectivity index (χ3n) is 2.27. The molecule has 0 radical (unpaired) electrons. The molecule has 1 aliphatic heterocycles. The van der Waals surface area contributed by atoms with Crippen molar-refractivity contribution in [3.63, 3.8) is 0 Å². The second-order valence-electron chi connectivity index (χ2n) is 3.16. The smallest absolute Gasteiger partial charge is 0.274 e. The van der Waals surface area contributed by atoms with E-state index in [0.717, 1.165) is 16.1 Å². The van der Waals surface area contributed by atoms with Gasteiger partial charge < -0.3 is 4.74 Å². The SMILES string of the molecule is COCCC1=c2ccccc2=NC1=O. The summed E-state index contributed by atoms with van der Waals surface area (Å²) in [5.41, 5.74) is 0.766. The summed E-state index contributed by atoms with van der Waals surface area (Å²) in [6.07, 6.45) is 0.635. The van der Waals surface area contributed by atoms with Crippen LogP contribution in [0.3, 0.4) is 0 Å². The Kier molecular flexibility index (Phi) is 2.41. The van der Waals surface area contributed by atoms with E-state index in [9.17, 15) is 4.79 Å². The van der Waals surface area contributed by atoms with Crippen LogP contribution in [0.15, 0.2) is 29.3 Å². The van der Waals surface area contributed by atoms with Crippen molar-refractivity contribution in [1.82, 2.24) is 0 Å². The number of nitrogens with zero attached hydrogens (tertiary/aromatic N) is 1. The van der Waals surface area contributed by atoms with Crippen molar-refractivity contribution in [2.45, 2.75) is 6.42 Å². The zero-order chi connectivity index (χ0) is 9.97. The van der Waals surface area contributed by atoms with E-state index in [4.69, 9.17) is 4.74 Å². The molecule has 0 spiro atoms. The Balaban J connectivity index is 2.50. The molecule has 0 N–H and O–H groups in total. The van der Waals surface area contributed by atoms with Gasteiger partial charge in [-0.3, -0.25) is 4.79 Å². The molecule has 2 rings (SSSR count). The molecule has 0 atom stereocenters. The highest BCUT2D eigenvalue weighted by atomic mass is 16.5. The van der Waals surface area contributed by atoms with Crippen LogP contribution in [0.4, 0.5) is 0 Å². The van der Waals surface area contributed by atoms with Crippen molar-refractivity contribution < 1.29 is 9.53 Å². The molecule has 0 aliphatic carbocycles. The molecule has 1 heterocycles. The lowest BCUT2D eigenvalue weighted by atomic mass is 10.1. The first kappa shape index (κ1) is 9.09. The normalized spacial score (nSPS) is 14.1. The lowest BCUT2D eigenvalue weighted by Crippen LogP contribution is -2.22. The maximum Gasteiger partial charge on any atom is 0.274 e. The summed E-state index contributed by atoms with van der Waals surface area (Å²) in [5, 5.41) is 1.73. The molecule has 14 heavy (non-hydrogen) atoms. The highest BCUT2D eigenvalue weighted by Gasteiger charge is 2.14. The summed E-state index contributed by atoms with van der Waals surface area (Å²) in [4.78, 5) is 15.4. The topological polar surface area (TPSA) is 38.7 Å². The van der Waals surface area contributed by atoms with Crippen molar-refractivity contribution in [3.8, 4) is 0 Å². The molecule has 0 fully saturated rings. The van der Waals surface area contributed by atoms with Gasteiger partial charge >= 0.3 is 0 Å². The van der Waals surface area contributed by atoms with E-state index in [2.05, 4.69) is 4.99 Å². The molecule has 0 unspecified atom stereocenters. The Labute approximate surface area is 81.7 Å². The number of benzene rings is 1. The summed E-state index contributed by atoms with van der Waals surface area (Å²) < 4.78 is 4.95. The van der Waals surface area contributed by atoms with E-state index in [1.165, 1.54) is 0 Å². The average molecular weight is 189 g/mol. The number of ether oxygens (including phenoxy) is 1. The van der Waals surface area contributed by atoms with Crippen LogP contribution < -0.4 is 10.6 Å². The summed E-state index contributed by atoms with van der Waals surface area (Å²) in [5.74, 6) is -0.122. The molecule has 0 aromatic heterocycles. The Morgan fingerprint density at radius 3 is 2.93 bits per heavy atom. The minimum atomic E-state index is -0.122. The van der Waals surface area contributed by atoms with Crippen LogP contribution in [-0.2, 0) is 9.53 Å². The molecular weight excluding hydrogens is 178 g/mol. The molecule has 0 saturated heterocycles. The van der Waals surface area contributed by atoms with Gasteiger partial charge in [-0.1, -0.05) is 18.2 Å². The number of fused-ring (bicyclic) bond motifs is 1. The van der Waals surface area contributed by atoms with E-state index >= 15 is 0 Å². The Morgan fingerprint density at radius 2 is 2.14 bits per heavy atom. The van der Waals surface area contributed by atoms with Crippen molar-refractivity contribution in [2.24, 2.45) is 4.99 Å². The van der Waals surface area contributed by atoms with Crippen LogP contribution >= 0.6 is 0 Å². The summed E-state index contributed by atoms with van der Waals surface area (Å²) in [7, 11) is 1.63. The van der Waals surface area contributed by atoms with Gasteiger partial charge in [0.2, 0.25) is 0 Å². The highest BCUT2D eigenvalue weighted by molar-refractivity contribution is 6.15. The van der Waals surface area contributed by atoms with Gasteiger partial charge in [-0.2, -0.15) is 0 Å². The average Bonchev–Trinajstić information content (AvgIpc) is 2.51. The van der Waals surface area contributed by atoms with E-state index in [1.807, 2.05) is 24.3 Å². The van der Waals surface area contributed by atoms with E-state index < -0.39 is 0 Å². The molecule has 0 saturated carbocycles. The minimum Gasteiger partial charge on any atom is -0.384 e. The molecule has 1 aromatic carbocycles. The second-order valence-corrected chi connectivity index (χ2v) is 3.16. The van der Waals surface area contributed by atoms with Gasteiger partial charge in [0, 0.05) is 24.3 Å². The third kappa shape index (κ3) is 1.46. The number of carbonyl (C=O) groups is 1. The van der Waals surface area contributed by atoms with Crippen LogP contribution in [0.25, 0.3) is 5.57 Å². The largest absolute Gasteiger partial charge is 0.384 e. The van der Waals surface area contributed by atoms with Crippen LogP contribution in [0.5, 0.6) is 0 Å². The zero-order valence-corrected chi connectivity index (χ0v) is 7.99. The maximum atomic E-state index is 11.5. The fraction of sp³-hybridized carbons (Fsp3) is 0.273. The first-order valence-corrected chi connectivity index (χ1v) is 4.53. The van der Waals surface area contributed by atoms with E-state index in [1.54, 1.807) is 7.11 Å². The van der Waals surface area contributed by atoms with Crippen LogP contribution in [0.2, 0.25) is 0 Å². The summed E-state index contributed by atoms with van der Waals surface area (Å²) in [6, 6.07) is 7.58. The van der Waals surface area contributed by atoms with Crippen molar-refractivity contribution in [1.29, 1.82) is 0 Å². The van der Waals surface area contributed by atoms with Gasteiger partial charge in [-0.05, 0) is 6.07 Å². The van der Waals surface area contributed by atoms with Crippen molar-refractivity contribution in [2.75, 3.05) is 13.7 Å². The summed E-state index contributed by atoms with van der Waals surface area (Å²) >= 11 is 0. The van der Waals surface area contributed by atoms with Gasteiger partial charge in [0.15, 0.2) is 0 Å². The lowest BCUT2D eigenvalue weighted by Gasteiger charge is -1.97. The predicted octanol–water partition coefficient (Wildman–Crippen LogP) is 0.0336. The molecule has 1 aromatic rings.